The summed E-state index contributed by atoms with van der Waals surface area (Å²) in [6.45, 7) is 7.68. The quantitative estimate of drug-likeness (QED) is 0.854. The van der Waals surface area contributed by atoms with Crippen molar-refractivity contribution in [1.82, 2.24) is 15.1 Å². The van der Waals surface area contributed by atoms with Crippen molar-refractivity contribution in [3.05, 3.63) is 0 Å². The normalized spacial score (nSPS) is 25.4. The predicted octanol–water partition coefficient (Wildman–Crippen LogP) is 1.60. The first-order valence-corrected chi connectivity index (χ1v) is 9.07. The smallest absolute Gasteiger partial charge is 0.407 e. The van der Waals surface area contributed by atoms with Gasteiger partial charge in [0, 0.05) is 32.4 Å². The SMILES string of the molecule is CCCN1CCC(CC(=O)N2CCC3(CC2)CNC(=O)O3)CC1. The third-order valence-corrected chi connectivity index (χ3v) is 5.60. The topological polar surface area (TPSA) is 61.9 Å². The van der Waals surface area contributed by atoms with E-state index in [4.69, 9.17) is 4.74 Å². The highest BCUT2D eigenvalue weighted by molar-refractivity contribution is 5.76. The van der Waals surface area contributed by atoms with Gasteiger partial charge >= 0.3 is 6.09 Å². The molecule has 6 heteroatoms. The number of hydrogen-bond donors (Lipinski definition) is 1. The van der Waals surface area contributed by atoms with E-state index in [9.17, 15) is 9.59 Å². The molecule has 3 rings (SSSR count). The molecule has 0 unspecified atom stereocenters. The molecule has 23 heavy (non-hydrogen) atoms. The Kier molecular flexibility index (Phi) is 5.09. The van der Waals surface area contributed by atoms with Crippen molar-refractivity contribution in [2.24, 2.45) is 5.92 Å². The van der Waals surface area contributed by atoms with Gasteiger partial charge in [-0.25, -0.2) is 4.79 Å². The molecular weight excluding hydrogens is 294 g/mol. The van der Waals surface area contributed by atoms with Crippen LogP contribution in [0.3, 0.4) is 0 Å². The molecule has 130 valence electrons. The summed E-state index contributed by atoms with van der Waals surface area (Å²) in [5.74, 6) is 0.823. The van der Waals surface area contributed by atoms with Crippen molar-refractivity contribution in [3.8, 4) is 0 Å². The predicted molar refractivity (Wildman–Crippen MR) is 87.1 cm³/mol. The number of nitrogens with one attached hydrogen (secondary N) is 1. The summed E-state index contributed by atoms with van der Waals surface area (Å²) in [5, 5.41) is 2.73. The van der Waals surface area contributed by atoms with Gasteiger partial charge in [-0.2, -0.15) is 0 Å². The van der Waals surface area contributed by atoms with Gasteiger partial charge in [-0.05, 0) is 44.8 Å². The Balaban J connectivity index is 1.41. The molecule has 6 nitrogen and oxygen atoms in total. The maximum atomic E-state index is 12.5. The van der Waals surface area contributed by atoms with E-state index in [1.807, 2.05) is 4.90 Å². The van der Waals surface area contributed by atoms with Gasteiger partial charge in [0.1, 0.15) is 5.60 Å². The molecule has 3 aliphatic heterocycles. The van der Waals surface area contributed by atoms with Crippen LogP contribution in [-0.2, 0) is 9.53 Å². The molecule has 0 aromatic rings. The first kappa shape index (κ1) is 16.6. The van der Waals surface area contributed by atoms with Crippen molar-refractivity contribution in [2.45, 2.75) is 51.0 Å². The van der Waals surface area contributed by atoms with Gasteiger partial charge < -0.3 is 19.9 Å². The number of carbonyl (C=O) groups is 2. The summed E-state index contributed by atoms with van der Waals surface area (Å²) in [6, 6.07) is 0. The van der Waals surface area contributed by atoms with Crippen LogP contribution in [0.5, 0.6) is 0 Å². The molecule has 0 aliphatic carbocycles. The summed E-state index contributed by atoms with van der Waals surface area (Å²) >= 11 is 0. The lowest BCUT2D eigenvalue weighted by Gasteiger charge is -2.38. The second-order valence-corrected chi connectivity index (χ2v) is 7.30. The van der Waals surface area contributed by atoms with Crippen LogP contribution in [0.25, 0.3) is 0 Å². The standard InChI is InChI=1S/C17H29N3O3/c1-2-7-19-8-3-14(4-9-19)12-15(21)20-10-5-17(6-11-20)13-18-16(22)23-17/h14H,2-13H2,1H3,(H,18,22). The second-order valence-electron chi connectivity index (χ2n) is 7.30. The monoisotopic (exact) mass is 323 g/mol. The summed E-state index contributed by atoms with van der Waals surface area (Å²) in [5.41, 5.74) is -0.362. The van der Waals surface area contributed by atoms with Crippen LogP contribution in [0.2, 0.25) is 0 Å². The number of piperidine rings is 2. The van der Waals surface area contributed by atoms with Crippen LogP contribution in [0.4, 0.5) is 4.79 Å². The molecule has 0 radical (unpaired) electrons. The van der Waals surface area contributed by atoms with E-state index in [0.29, 0.717) is 32.0 Å². The molecule has 1 spiro atoms. The van der Waals surface area contributed by atoms with Crippen LogP contribution in [-0.4, -0.2) is 66.7 Å². The Morgan fingerprint density at radius 1 is 1.26 bits per heavy atom. The highest BCUT2D eigenvalue weighted by Crippen LogP contribution is 2.30. The van der Waals surface area contributed by atoms with E-state index in [1.165, 1.54) is 13.0 Å². The van der Waals surface area contributed by atoms with Crippen LogP contribution >= 0.6 is 0 Å². The van der Waals surface area contributed by atoms with Gasteiger partial charge in [-0.3, -0.25) is 4.79 Å². The Labute approximate surface area is 138 Å². The highest BCUT2D eigenvalue weighted by Gasteiger charge is 2.43. The molecular formula is C17H29N3O3. The van der Waals surface area contributed by atoms with Crippen molar-refractivity contribution >= 4 is 12.0 Å². The van der Waals surface area contributed by atoms with Crippen LogP contribution in [0, 0.1) is 5.92 Å². The van der Waals surface area contributed by atoms with E-state index >= 15 is 0 Å². The van der Waals surface area contributed by atoms with E-state index in [-0.39, 0.29) is 17.6 Å². The first-order chi connectivity index (χ1) is 11.1. The molecule has 0 bridgehead atoms. The van der Waals surface area contributed by atoms with Gasteiger partial charge in [0.05, 0.1) is 6.54 Å². The zero-order valence-electron chi connectivity index (χ0n) is 14.2. The lowest BCUT2D eigenvalue weighted by molar-refractivity contribution is -0.135. The van der Waals surface area contributed by atoms with Crippen molar-refractivity contribution < 1.29 is 14.3 Å². The second kappa shape index (κ2) is 7.07. The van der Waals surface area contributed by atoms with Crippen LogP contribution in [0.15, 0.2) is 0 Å². The Morgan fingerprint density at radius 2 is 1.96 bits per heavy atom. The fraction of sp³-hybridized carbons (Fsp3) is 0.882. The number of hydrogen-bond acceptors (Lipinski definition) is 4. The molecule has 1 N–H and O–H groups in total. The number of ether oxygens (including phenoxy) is 1. The highest BCUT2D eigenvalue weighted by atomic mass is 16.6. The number of rotatable bonds is 4. The van der Waals surface area contributed by atoms with E-state index < -0.39 is 0 Å². The third kappa shape index (κ3) is 3.97. The Hall–Kier alpha value is -1.30. The molecule has 2 amide bonds. The minimum absolute atomic E-state index is 0.283. The molecule has 0 atom stereocenters. The largest absolute Gasteiger partial charge is 0.441 e. The molecule has 3 aliphatic rings. The lowest BCUT2D eigenvalue weighted by atomic mass is 9.89. The summed E-state index contributed by atoms with van der Waals surface area (Å²) < 4.78 is 5.41. The molecule has 0 aromatic carbocycles. The Bertz CT molecular complexity index is 438. The Morgan fingerprint density at radius 3 is 2.52 bits per heavy atom. The van der Waals surface area contributed by atoms with Crippen molar-refractivity contribution in [3.63, 3.8) is 0 Å². The molecule has 0 saturated carbocycles. The summed E-state index contributed by atoms with van der Waals surface area (Å²) in [4.78, 5) is 28.3. The van der Waals surface area contributed by atoms with Crippen molar-refractivity contribution in [2.75, 3.05) is 39.3 Å². The zero-order valence-corrected chi connectivity index (χ0v) is 14.2. The average molecular weight is 323 g/mol. The van der Waals surface area contributed by atoms with E-state index in [2.05, 4.69) is 17.1 Å². The fourth-order valence-corrected chi connectivity index (χ4v) is 4.05. The van der Waals surface area contributed by atoms with Gasteiger partial charge in [0.2, 0.25) is 5.91 Å². The van der Waals surface area contributed by atoms with E-state index in [1.54, 1.807) is 0 Å². The van der Waals surface area contributed by atoms with Gasteiger partial charge in [-0.1, -0.05) is 6.92 Å². The maximum absolute atomic E-state index is 12.5. The minimum Gasteiger partial charge on any atom is -0.441 e. The zero-order chi connectivity index (χ0) is 16.3. The summed E-state index contributed by atoms with van der Waals surface area (Å²) in [6.07, 6.45) is 5.38. The van der Waals surface area contributed by atoms with Crippen molar-refractivity contribution in [1.29, 1.82) is 0 Å². The van der Waals surface area contributed by atoms with Crippen LogP contribution in [0.1, 0.15) is 45.4 Å². The number of amides is 2. The molecule has 3 saturated heterocycles. The van der Waals surface area contributed by atoms with Gasteiger partial charge in [-0.15, -0.1) is 0 Å². The third-order valence-electron chi connectivity index (χ3n) is 5.60. The van der Waals surface area contributed by atoms with E-state index in [0.717, 1.165) is 38.8 Å². The number of likely N-dealkylation sites (tertiary alicyclic amines) is 2. The fourth-order valence-electron chi connectivity index (χ4n) is 4.05. The average Bonchev–Trinajstić information content (AvgIpc) is 2.91. The number of nitrogens with zero attached hydrogens (tertiary/aromatic N) is 2. The lowest BCUT2D eigenvalue weighted by Crippen LogP contribution is -2.49. The number of alkyl carbamates (subject to hydrolysis) is 1. The van der Waals surface area contributed by atoms with Crippen LogP contribution < -0.4 is 5.32 Å². The first-order valence-electron chi connectivity index (χ1n) is 9.07. The molecule has 0 aromatic heterocycles. The van der Waals surface area contributed by atoms with Gasteiger partial charge in [0.25, 0.3) is 0 Å². The van der Waals surface area contributed by atoms with Gasteiger partial charge in [0.15, 0.2) is 0 Å². The maximum Gasteiger partial charge on any atom is 0.407 e. The summed E-state index contributed by atoms with van der Waals surface area (Å²) in [7, 11) is 0. The molecule has 3 fully saturated rings. The molecule has 3 heterocycles. The number of carbonyl (C=O) groups excluding carboxylic acids is 2. The minimum atomic E-state index is -0.362.